The van der Waals surface area contributed by atoms with Crippen molar-refractivity contribution in [2.75, 3.05) is 5.32 Å². The van der Waals surface area contributed by atoms with Gasteiger partial charge in [-0.3, -0.25) is 4.79 Å². The van der Waals surface area contributed by atoms with Crippen molar-refractivity contribution in [1.82, 2.24) is 5.32 Å². The van der Waals surface area contributed by atoms with Crippen LogP contribution in [0, 0.1) is 12.3 Å². The Kier molecular flexibility index (Phi) is 4.22. The van der Waals surface area contributed by atoms with Crippen LogP contribution in [0.3, 0.4) is 0 Å². The number of thiocarbonyl (C=S) groups is 1. The van der Waals surface area contributed by atoms with Crippen LogP contribution in [0.2, 0.25) is 5.02 Å². The summed E-state index contributed by atoms with van der Waals surface area (Å²) in [6, 6.07) is 5.41. The predicted molar refractivity (Wildman–Crippen MR) is 87.7 cm³/mol. The fourth-order valence-corrected chi connectivity index (χ4v) is 2.87. The summed E-state index contributed by atoms with van der Waals surface area (Å²) >= 11 is 23.0. The number of hydrogen-bond acceptors (Lipinski definition) is 2. The minimum Gasteiger partial charge on any atom is -0.332 e. The third-order valence-corrected chi connectivity index (χ3v) is 5.22. The Hall–Kier alpha value is -0.550. The van der Waals surface area contributed by atoms with Gasteiger partial charge in [-0.05, 0) is 50.2 Å². The molecule has 2 N–H and O–H groups in total. The van der Waals surface area contributed by atoms with E-state index in [0.29, 0.717) is 11.4 Å². The molecule has 1 fully saturated rings. The van der Waals surface area contributed by atoms with Gasteiger partial charge >= 0.3 is 0 Å². The zero-order valence-electron chi connectivity index (χ0n) is 10.9. The van der Waals surface area contributed by atoms with Crippen molar-refractivity contribution in [1.29, 1.82) is 0 Å². The molecule has 7 heteroatoms. The molecule has 0 aliphatic heterocycles. The van der Waals surface area contributed by atoms with Gasteiger partial charge in [0.1, 0.15) is 4.33 Å². The predicted octanol–water partition coefficient (Wildman–Crippen LogP) is 4.05. The summed E-state index contributed by atoms with van der Waals surface area (Å²) in [6.45, 7) is 3.56. The molecule has 1 aliphatic carbocycles. The Morgan fingerprint density at radius 3 is 2.55 bits per heavy atom. The molecular formula is C13H13Cl3N2OS. The molecule has 0 bridgehead atoms. The molecule has 0 radical (unpaired) electrons. The smallest absolute Gasteiger partial charge is 0.235 e. The summed E-state index contributed by atoms with van der Waals surface area (Å²) in [6.07, 6.45) is 0.410. The van der Waals surface area contributed by atoms with E-state index in [1.54, 1.807) is 19.1 Å². The molecule has 1 saturated carbocycles. The van der Waals surface area contributed by atoms with Crippen molar-refractivity contribution >= 4 is 63.7 Å². The molecule has 1 unspecified atom stereocenters. The fraction of sp³-hybridized carbons (Fsp3) is 0.385. The van der Waals surface area contributed by atoms with E-state index in [9.17, 15) is 4.79 Å². The van der Waals surface area contributed by atoms with E-state index in [4.69, 9.17) is 47.0 Å². The third kappa shape index (κ3) is 2.89. The number of carbonyl (C=O) groups excluding carboxylic acids is 1. The van der Waals surface area contributed by atoms with Gasteiger partial charge < -0.3 is 10.6 Å². The first-order chi connectivity index (χ1) is 9.17. The summed E-state index contributed by atoms with van der Waals surface area (Å²) in [4.78, 5) is 12.1. The Morgan fingerprint density at radius 2 is 2.00 bits per heavy atom. The monoisotopic (exact) mass is 350 g/mol. The molecule has 108 valence electrons. The maximum absolute atomic E-state index is 12.1. The highest BCUT2D eigenvalue weighted by Crippen LogP contribution is 2.63. The number of rotatable bonds is 2. The number of benzene rings is 1. The van der Waals surface area contributed by atoms with E-state index in [-0.39, 0.29) is 11.0 Å². The maximum atomic E-state index is 12.1. The summed E-state index contributed by atoms with van der Waals surface area (Å²) in [5, 5.41) is 6.36. The lowest BCUT2D eigenvalue weighted by Gasteiger charge is -2.15. The topological polar surface area (TPSA) is 41.1 Å². The number of halogens is 3. The van der Waals surface area contributed by atoms with Gasteiger partial charge in [0.2, 0.25) is 5.91 Å². The van der Waals surface area contributed by atoms with Crippen LogP contribution in [0.25, 0.3) is 0 Å². The van der Waals surface area contributed by atoms with Gasteiger partial charge in [0.05, 0.1) is 5.41 Å². The second kappa shape index (κ2) is 5.34. The Morgan fingerprint density at radius 1 is 1.40 bits per heavy atom. The SMILES string of the molecule is Cc1c(Cl)cccc1NC(=S)NC(=O)C1(C)CC1(Cl)Cl. The lowest BCUT2D eigenvalue weighted by Crippen LogP contribution is -2.40. The van der Waals surface area contributed by atoms with Crippen LogP contribution in [0.15, 0.2) is 18.2 Å². The van der Waals surface area contributed by atoms with Crippen molar-refractivity contribution in [2.45, 2.75) is 24.6 Å². The lowest BCUT2D eigenvalue weighted by atomic mass is 10.1. The van der Waals surface area contributed by atoms with E-state index in [2.05, 4.69) is 10.6 Å². The van der Waals surface area contributed by atoms with Crippen LogP contribution in [0.1, 0.15) is 18.9 Å². The number of carbonyl (C=O) groups is 1. The number of alkyl halides is 2. The van der Waals surface area contributed by atoms with Crippen molar-refractivity contribution in [3.05, 3.63) is 28.8 Å². The fourth-order valence-electron chi connectivity index (χ4n) is 1.78. The molecule has 0 heterocycles. The van der Waals surface area contributed by atoms with E-state index in [1.165, 1.54) is 0 Å². The van der Waals surface area contributed by atoms with Crippen LogP contribution in [0.4, 0.5) is 5.69 Å². The molecule has 1 aliphatic rings. The summed E-state index contributed by atoms with van der Waals surface area (Å²) in [5.74, 6) is -0.292. The molecule has 20 heavy (non-hydrogen) atoms. The Labute approximate surface area is 138 Å². The quantitative estimate of drug-likeness (QED) is 0.624. The lowest BCUT2D eigenvalue weighted by molar-refractivity contribution is -0.124. The van der Waals surface area contributed by atoms with E-state index in [1.807, 2.05) is 13.0 Å². The van der Waals surface area contributed by atoms with Crippen molar-refractivity contribution in [2.24, 2.45) is 5.41 Å². The van der Waals surface area contributed by atoms with E-state index < -0.39 is 9.75 Å². The van der Waals surface area contributed by atoms with Crippen LogP contribution in [-0.2, 0) is 4.79 Å². The zero-order valence-corrected chi connectivity index (χ0v) is 14.0. The summed E-state index contributed by atoms with van der Waals surface area (Å²) in [7, 11) is 0. The molecule has 0 spiro atoms. The third-order valence-electron chi connectivity index (χ3n) is 3.50. The number of nitrogens with one attached hydrogen (secondary N) is 2. The van der Waals surface area contributed by atoms with Gasteiger partial charge in [-0.25, -0.2) is 0 Å². The van der Waals surface area contributed by atoms with Crippen LogP contribution in [0.5, 0.6) is 0 Å². The van der Waals surface area contributed by atoms with Gasteiger partial charge in [-0.1, -0.05) is 17.7 Å². The molecule has 3 nitrogen and oxygen atoms in total. The molecule has 1 aromatic rings. The molecule has 0 aromatic heterocycles. The zero-order chi connectivity index (χ0) is 15.1. The first-order valence-corrected chi connectivity index (χ1v) is 7.47. The Balaban J connectivity index is 2.00. The standard InChI is InChI=1S/C13H13Cl3N2OS/c1-7-8(14)4-3-5-9(7)17-11(20)18-10(19)12(2)6-13(12,15)16/h3-5H,6H2,1-2H3,(H2,17,18,19,20). The van der Waals surface area contributed by atoms with Crippen molar-refractivity contribution < 1.29 is 4.79 Å². The largest absolute Gasteiger partial charge is 0.332 e. The molecular weight excluding hydrogens is 339 g/mol. The van der Waals surface area contributed by atoms with Crippen LogP contribution < -0.4 is 10.6 Å². The average molecular weight is 352 g/mol. The minimum atomic E-state index is -1.02. The van der Waals surface area contributed by atoms with Crippen molar-refractivity contribution in [3.63, 3.8) is 0 Å². The van der Waals surface area contributed by atoms with Gasteiger partial charge in [0.25, 0.3) is 0 Å². The molecule has 2 rings (SSSR count). The van der Waals surface area contributed by atoms with Gasteiger partial charge in [-0.15, -0.1) is 23.2 Å². The first-order valence-electron chi connectivity index (χ1n) is 5.93. The summed E-state index contributed by atoms with van der Waals surface area (Å²) < 4.78 is -1.02. The van der Waals surface area contributed by atoms with Crippen molar-refractivity contribution in [3.8, 4) is 0 Å². The molecule has 1 aromatic carbocycles. The van der Waals surface area contributed by atoms with E-state index in [0.717, 1.165) is 11.3 Å². The first kappa shape index (κ1) is 15.8. The van der Waals surface area contributed by atoms with Crippen LogP contribution in [-0.4, -0.2) is 15.4 Å². The molecule has 1 atom stereocenters. The molecule has 1 amide bonds. The number of hydrogen-bond donors (Lipinski definition) is 2. The van der Waals surface area contributed by atoms with Gasteiger partial charge in [-0.2, -0.15) is 0 Å². The summed E-state index contributed by atoms with van der Waals surface area (Å²) in [5.41, 5.74) is 0.796. The van der Waals surface area contributed by atoms with Crippen LogP contribution >= 0.6 is 47.0 Å². The number of anilines is 1. The Bertz CT molecular complexity index is 591. The molecule has 0 saturated heterocycles. The second-order valence-electron chi connectivity index (χ2n) is 5.03. The maximum Gasteiger partial charge on any atom is 0.235 e. The average Bonchev–Trinajstić information content (AvgIpc) is 2.86. The normalized spacial score (nSPS) is 23.1. The van der Waals surface area contributed by atoms with Gasteiger partial charge in [0, 0.05) is 10.7 Å². The highest BCUT2D eigenvalue weighted by molar-refractivity contribution is 7.80. The highest BCUT2D eigenvalue weighted by atomic mass is 35.5. The van der Waals surface area contributed by atoms with Gasteiger partial charge in [0.15, 0.2) is 5.11 Å². The van der Waals surface area contributed by atoms with E-state index >= 15 is 0 Å². The highest BCUT2D eigenvalue weighted by Gasteiger charge is 2.68. The minimum absolute atomic E-state index is 0.192. The second-order valence-corrected chi connectivity index (χ2v) is 7.33. The number of amides is 1.